The largest absolute Gasteiger partial charge is 0.469 e. The lowest BCUT2D eigenvalue weighted by atomic mass is 9.94. The van der Waals surface area contributed by atoms with Crippen molar-refractivity contribution in [3.63, 3.8) is 0 Å². The van der Waals surface area contributed by atoms with E-state index < -0.39 is 29.4 Å². The van der Waals surface area contributed by atoms with E-state index in [-0.39, 0.29) is 6.42 Å². The van der Waals surface area contributed by atoms with Crippen LogP contribution in [0.3, 0.4) is 0 Å². The molecule has 1 fully saturated rings. The van der Waals surface area contributed by atoms with Gasteiger partial charge in [0.15, 0.2) is 5.79 Å². The van der Waals surface area contributed by atoms with Gasteiger partial charge in [-0.25, -0.2) is 4.79 Å². The maximum absolute atomic E-state index is 11.9. The number of methoxy groups -OCH3 is 2. The second kappa shape index (κ2) is 4.62. The first-order valence-corrected chi connectivity index (χ1v) is 5.30. The van der Waals surface area contributed by atoms with Gasteiger partial charge in [-0.3, -0.25) is 4.79 Å². The minimum atomic E-state index is -1.44. The Morgan fingerprint density at radius 1 is 1.24 bits per heavy atom. The zero-order valence-corrected chi connectivity index (χ0v) is 10.7. The number of hydrogen-bond donors (Lipinski definition) is 0. The maximum atomic E-state index is 11.9. The van der Waals surface area contributed by atoms with Crippen molar-refractivity contribution in [2.24, 2.45) is 0 Å². The van der Waals surface area contributed by atoms with Crippen LogP contribution in [-0.4, -0.2) is 43.7 Å². The molecule has 17 heavy (non-hydrogen) atoms. The van der Waals surface area contributed by atoms with Gasteiger partial charge in [-0.15, -0.1) is 0 Å². The molecule has 0 amide bonds. The quantitative estimate of drug-likeness (QED) is 0.680. The van der Waals surface area contributed by atoms with Gasteiger partial charge in [0.2, 0.25) is 5.60 Å². The number of rotatable bonds is 3. The third-order valence-corrected chi connectivity index (χ3v) is 2.71. The molecule has 1 aliphatic heterocycles. The van der Waals surface area contributed by atoms with Gasteiger partial charge in [0.1, 0.15) is 0 Å². The summed E-state index contributed by atoms with van der Waals surface area (Å²) < 4.78 is 20.3. The van der Waals surface area contributed by atoms with Crippen LogP contribution in [0.1, 0.15) is 27.2 Å². The average molecular weight is 246 g/mol. The van der Waals surface area contributed by atoms with Gasteiger partial charge in [0.05, 0.1) is 26.7 Å². The smallest absolute Gasteiger partial charge is 0.341 e. The summed E-state index contributed by atoms with van der Waals surface area (Å²) in [4.78, 5) is 23.2. The van der Waals surface area contributed by atoms with Crippen LogP contribution in [0, 0.1) is 0 Å². The molecule has 0 aromatic carbocycles. The molecule has 98 valence electrons. The van der Waals surface area contributed by atoms with Crippen LogP contribution in [0.5, 0.6) is 0 Å². The Morgan fingerprint density at radius 3 is 2.18 bits per heavy atom. The summed E-state index contributed by atoms with van der Waals surface area (Å²) in [7, 11) is 2.49. The summed E-state index contributed by atoms with van der Waals surface area (Å²) in [5.41, 5.74) is -1.44. The van der Waals surface area contributed by atoms with Crippen molar-refractivity contribution in [3.8, 4) is 0 Å². The topological polar surface area (TPSA) is 71.1 Å². The molecule has 0 spiro atoms. The molecular formula is C11H18O6. The highest BCUT2D eigenvalue weighted by atomic mass is 16.8. The minimum absolute atomic E-state index is 0.235. The monoisotopic (exact) mass is 246 g/mol. The van der Waals surface area contributed by atoms with Crippen LogP contribution < -0.4 is 0 Å². The van der Waals surface area contributed by atoms with Gasteiger partial charge >= 0.3 is 11.9 Å². The van der Waals surface area contributed by atoms with E-state index in [0.29, 0.717) is 0 Å². The molecule has 1 saturated heterocycles. The summed E-state index contributed by atoms with van der Waals surface area (Å²) >= 11 is 0. The molecule has 2 atom stereocenters. The number of ether oxygens (including phenoxy) is 4. The molecular weight excluding hydrogens is 228 g/mol. The average Bonchev–Trinajstić information content (AvgIpc) is 2.48. The van der Waals surface area contributed by atoms with Gasteiger partial charge in [0.25, 0.3) is 0 Å². The van der Waals surface area contributed by atoms with Crippen LogP contribution >= 0.6 is 0 Å². The molecule has 0 bridgehead atoms. The number of carbonyl (C=O) groups excluding carboxylic acids is 2. The number of esters is 2. The Balaban J connectivity index is 3.03. The van der Waals surface area contributed by atoms with Crippen LogP contribution in [0.2, 0.25) is 0 Å². The lowest BCUT2D eigenvalue weighted by Gasteiger charge is -2.27. The van der Waals surface area contributed by atoms with Crippen LogP contribution in [0.15, 0.2) is 0 Å². The second-order valence-corrected chi connectivity index (χ2v) is 4.40. The van der Waals surface area contributed by atoms with Crippen LogP contribution in [-0.2, 0) is 28.5 Å². The fraction of sp³-hybridized carbons (Fsp3) is 0.818. The van der Waals surface area contributed by atoms with Gasteiger partial charge in [-0.05, 0) is 20.8 Å². The van der Waals surface area contributed by atoms with E-state index in [2.05, 4.69) is 4.74 Å². The van der Waals surface area contributed by atoms with Gasteiger partial charge in [-0.2, -0.15) is 0 Å². The lowest BCUT2D eigenvalue weighted by Crippen LogP contribution is -2.49. The first-order chi connectivity index (χ1) is 7.77. The molecule has 1 aliphatic rings. The molecule has 0 aromatic rings. The normalized spacial score (nSPS) is 31.0. The number of hydrogen-bond acceptors (Lipinski definition) is 6. The summed E-state index contributed by atoms with van der Waals surface area (Å²) in [6.45, 7) is 5.01. The first-order valence-electron chi connectivity index (χ1n) is 5.30. The molecule has 0 aliphatic carbocycles. The summed E-state index contributed by atoms with van der Waals surface area (Å²) in [5.74, 6) is -2.13. The Kier molecular flexibility index (Phi) is 3.78. The first kappa shape index (κ1) is 13.9. The fourth-order valence-electron chi connectivity index (χ4n) is 1.99. The maximum Gasteiger partial charge on any atom is 0.341 e. The summed E-state index contributed by atoms with van der Waals surface area (Å²) in [6, 6.07) is 0. The van der Waals surface area contributed by atoms with Gasteiger partial charge in [0, 0.05) is 0 Å². The molecule has 1 rings (SSSR count). The van der Waals surface area contributed by atoms with Gasteiger partial charge < -0.3 is 18.9 Å². The molecule has 6 nitrogen and oxygen atoms in total. The van der Waals surface area contributed by atoms with Crippen molar-refractivity contribution in [1.82, 2.24) is 0 Å². The molecule has 0 radical (unpaired) electrons. The zero-order valence-electron chi connectivity index (χ0n) is 10.7. The molecule has 0 saturated carbocycles. The van der Waals surface area contributed by atoms with E-state index in [1.54, 1.807) is 20.8 Å². The van der Waals surface area contributed by atoms with E-state index in [4.69, 9.17) is 14.2 Å². The minimum Gasteiger partial charge on any atom is -0.469 e. The highest BCUT2D eigenvalue weighted by Gasteiger charge is 2.58. The van der Waals surface area contributed by atoms with Crippen molar-refractivity contribution in [2.45, 2.75) is 44.7 Å². The molecule has 0 N–H and O–H groups in total. The highest BCUT2D eigenvalue weighted by molar-refractivity contribution is 5.86. The SMILES string of the molecule is COC(=O)C[C@@]1(C(=O)OC)OC(C)(C)O[C@@H]1C. The fourth-order valence-corrected chi connectivity index (χ4v) is 1.99. The second-order valence-electron chi connectivity index (χ2n) is 4.40. The molecule has 0 unspecified atom stereocenters. The van der Waals surface area contributed by atoms with E-state index in [1.165, 1.54) is 14.2 Å². The summed E-state index contributed by atoms with van der Waals surface area (Å²) in [6.07, 6.45) is -0.829. The third-order valence-electron chi connectivity index (χ3n) is 2.71. The van der Waals surface area contributed by atoms with Gasteiger partial charge in [-0.1, -0.05) is 0 Å². The Labute approximate surface area is 100 Å². The van der Waals surface area contributed by atoms with Crippen LogP contribution in [0.25, 0.3) is 0 Å². The zero-order chi connectivity index (χ0) is 13.3. The van der Waals surface area contributed by atoms with Crippen molar-refractivity contribution in [1.29, 1.82) is 0 Å². The molecule has 6 heteroatoms. The standard InChI is InChI=1S/C11H18O6/c1-7-11(9(13)15-5,6-8(12)14-4)17-10(2,3)16-7/h7H,6H2,1-5H3/t7-,11-/m1/s1. The third kappa shape index (κ3) is 2.58. The molecule has 1 heterocycles. The summed E-state index contributed by atoms with van der Waals surface area (Å²) in [5, 5.41) is 0. The Morgan fingerprint density at radius 2 is 1.82 bits per heavy atom. The van der Waals surface area contributed by atoms with Crippen molar-refractivity contribution >= 4 is 11.9 Å². The number of carbonyl (C=O) groups is 2. The predicted octanol–water partition coefficient (Wildman–Crippen LogP) is 0.633. The van der Waals surface area contributed by atoms with E-state index in [1.807, 2.05) is 0 Å². The van der Waals surface area contributed by atoms with Crippen LogP contribution in [0.4, 0.5) is 0 Å². The lowest BCUT2D eigenvalue weighted by molar-refractivity contribution is -0.192. The Hall–Kier alpha value is -1.14. The van der Waals surface area contributed by atoms with E-state index in [9.17, 15) is 9.59 Å². The van der Waals surface area contributed by atoms with Crippen molar-refractivity contribution < 1.29 is 28.5 Å². The Bertz CT molecular complexity index is 324. The predicted molar refractivity (Wildman–Crippen MR) is 57.1 cm³/mol. The van der Waals surface area contributed by atoms with Crippen molar-refractivity contribution in [3.05, 3.63) is 0 Å². The molecule has 0 aromatic heterocycles. The van der Waals surface area contributed by atoms with E-state index in [0.717, 1.165) is 0 Å². The van der Waals surface area contributed by atoms with E-state index >= 15 is 0 Å². The van der Waals surface area contributed by atoms with Crippen molar-refractivity contribution in [2.75, 3.05) is 14.2 Å². The highest BCUT2D eigenvalue weighted by Crippen LogP contribution is 2.39.